The topological polar surface area (TPSA) is 0 Å². The first kappa shape index (κ1) is 10.4. The fourth-order valence-electron chi connectivity index (χ4n) is 0.327. The van der Waals surface area contributed by atoms with Crippen molar-refractivity contribution in [1.82, 2.24) is 0 Å². The van der Waals surface area contributed by atoms with Crippen molar-refractivity contribution in [3.05, 3.63) is 0 Å². The fourth-order valence-corrected chi connectivity index (χ4v) is 0.327. The van der Waals surface area contributed by atoms with Crippen LogP contribution in [0, 0.1) is 5.92 Å². The van der Waals surface area contributed by atoms with E-state index in [1.807, 2.05) is 0 Å². The predicted molar refractivity (Wildman–Crippen MR) is 35.3 cm³/mol. The normalized spacial score (nSPS) is 14.4. The van der Waals surface area contributed by atoms with Crippen LogP contribution in [0.3, 0.4) is 0 Å². The highest BCUT2D eigenvalue weighted by Crippen LogP contribution is 2.44. The van der Waals surface area contributed by atoms with Gasteiger partial charge in [-0.05, 0) is 5.92 Å². The van der Waals surface area contributed by atoms with Crippen LogP contribution in [0.1, 0.15) is 13.8 Å². The average molecular weight is 195 g/mol. The van der Waals surface area contributed by atoms with Gasteiger partial charge in [0, 0.05) is 0 Å². The fraction of sp³-hybridized carbons (Fsp3) is 1.00. The Balaban J connectivity index is 4.40. The van der Waals surface area contributed by atoms with Crippen LogP contribution in [0.5, 0.6) is 0 Å². The molecule has 0 aromatic carbocycles. The first-order valence-corrected chi connectivity index (χ1v) is 3.39. The van der Waals surface area contributed by atoms with E-state index in [2.05, 4.69) is 0 Å². The van der Waals surface area contributed by atoms with E-state index in [1.54, 1.807) is 0 Å². The molecule has 0 heterocycles. The molecular formula is C5H7Cl2F3. The number of rotatable bonds is 1. The van der Waals surface area contributed by atoms with Crippen molar-refractivity contribution < 1.29 is 13.2 Å². The van der Waals surface area contributed by atoms with Crippen molar-refractivity contribution in [3.63, 3.8) is 0 Å². The summed E-state index contributed by atoms with van der Waals surface area (Å²) < 4.78 is 32.8. The van der Waals surface area contributed by atoms with E-state index in [0.29, 0.717) is 0 Å². The maximum Gasteiger partial charge on any atom is 0.421 e. The molecule has 0 spiro atoms. The number of hydrogen-bond acceptors (Lipinski definition) is 0. The lowest BCUT2D eigenvalue weighted by Crippen LogP contribution is -2.38. The molecule has 0 nitrogen and oxygen atoms in total. The van der Waals surface area contributed by atoms with Crippen LogP contribution in [0.15, 0.2) is 0 Å². The Morgan fingerprint density at radius 1 is 1.10 bits per heavy atom. The molecule has 0 aliphatic heterocycles. The summed E-state index contributed by atoms with van der Waals surface area (Å²) in [5.41, 5.74) is 0. The van der Waals surface area contributed by atoms with Gasteiger partial charge >= 0.3 is 6.18 Å². The zero-order chi connectivity index (χ0) is 8.58. The Bertz CT molecular complexity index is 117. The Labute approximate surface area is 67.3 Å². The molecule has 0 fully saturated rings. The Kier molecular flexibility index (Phi) is 2.88. The van der Waals surface area contributed by atoms with Crippen LogP contribution in [-0.2, 0) is 0 Å². The summed E-state index contributed by atoms with van der Waals surface area (Å²) in [6, 6.07) is 0. The van der Waals surface area contributed by atoms with Gasteiger partial charge in [0.1, 0.15) is 0 Å². The van der Waals surface area contributed by atoms with Crippen LogP contribution >= 0.6 is 23.2 Å². The van der Waals surface area contributed by atoms with Gasteiger partial charge in [-0.1, -0.05) is 37.0 Å². The van der Waals surface area contributed by atoms with Crippen LogP contribution in [-0.4, -0.2) is 10.5 Å². The van der Waals surface area contributed by atoms with Gasteiger partial charge in [0.2, 0.25) is 4.33 Å². The molecule has 0 bridgehead atoms. The van der Waals surface area contributed by atoms with Crippen molar-refractivity contribution in [2.24, 2.45) is 5.92 Å². The summed E-state index contributed by atoms with van der Waals surface area (Å²) in [6.07, 6.45) is -4.55. The van der Waals surface area contributed by atoms with Crippen LogP contribution in [0.25, 0.3) is 0 Å². The Morgan fingerprint density at radius 2 is 1.40 bits per heavy atom. The molecule has 0 amide bonds. The Hall–Kier alpha value is 0.370. The number of alkyl halides is 5. The summed E-state index contributed by atoms with van der Waals surface area (Å²) in [6.45, 7) is 2.63. The third-order valence-corrected chi connectivity index (χ3v) is 2.40. The molecule has 0 aromatic rings. The van der Waals surface area contributed by atoms with E-state index in [-0.39, 0.29) is 0 Å². The van der Waals surface area contributed by atoms with Crippen LogP contribution in [0.2, 0.25) is 0 Å². The molecule has 0 saturated carbocycles. The highest BCUT2D eigenvalue weighted by Gasteiger charge is 2.54. The molecule has 0 aliphatic rings. The van der Waals surface area contributed by atoms with Crippen LogP contribution < -0.4 is 0 Å². The lowest BCUT2D eigenvalue weighted by atomic mass is 10.1. The molecule has 10 heavy (non-hydrogen) atoms. The molecule has 0 unspecified atom stereocenters. The lowest BCUT2D eigenvalue weighted by Gasteiger charge is -2.26. The molecule has 0 atom stereocenters. The Morgan fingerprint density at radius 3 is 1.40 bits per heavy atom. The maximum atomic E-state index is 11.8. The number of halogens is 5. The summed E-state index contributed by atoms with van der Waals surface area (Å²) in [7, 11) is 0. The van der Waals surface area contributed by atoms with E-state index in [1.165, 1.54) is 13.8 Å². The highest BCUT2D eigenvalue weighted by molar-refractivity contribution is 6.49. The largest absolute Gasteiger partial charge is 0.421 e. The van der Waals surface area contributed by atoms with Gasteiger partial charge in [0.15, 0.2) is 0 Å². The van der Waals surface area contributed by atoms with Gasteiger partial charge in [0.05, 0.1) is 0 Å². The summed E-state index contributed by atoms with van der Waals surface area (Å²) in [4.78, 5) is 0. The first-order valence-electron chi connectivity index (χ1n) is 2.64. The molecule has 0 aliphatic carbocycles. The minimum absolute atomic E-state index is 0.837. The summed E-state index contributed by atoms with van der Waals surface area (Å²) in [5, 5.41) is 0. The second-order valence-electron chi connectivity index (χ2n) is 2.28. The molecule has 5 heteroatoms. The molecular weight excluding hydrogens is 188 g/mol. The molecule has 0 aromatic heterocycles. The lowest BCUT2D eigenvalue weighted by molar-refractivity contribution is -0.149. The van der Waals surface area contributed by atoms with E-state index in [0.717, 1.165) is 0 Å². The van der Waals surface area contributed by atoms with E-state index in [4.69, 9.17) is 23.2 Å². The third kappa shape index (κ3) is 1.92. The highest BCUT2D eigenvalue weighted by atomic mass is 35.5. The second kappa shape index (κ2) is 2.78. The van der Waals surface area contributed by atoms with Gasteiger partial charge in [-0.25, -0.2) is 0 Å². The van der Waals surface area contributed by atoms with Crippen molar-refractivity contribution in [2.75, 3.05) is 0 Å². The number of hydrogen-bond donors (Lipinski definition) is 0. The molecule has 0 radical (unpaired) electrons. The van der Waals surface area contributed by atoms with Gasteiger partial charge in [-0.15, -0.1) is 0 Å². The first-order chi connectivity index (χ1) is 4.19. The van der Waals surface area contributed by atoms with Gasteiger partial charge in [-0.2, -0.15) is 13.2 Å². The van der Waals surface area contributed by atoms with E-state index < -0.39 is 16.4 Å². The standard InChI is InChI=1S/C5H7Cl2F3/c1-3(2)4(6,7)5(8,9)10/h3H,1-2H3. The molecule has 0 N–H and O–H groups in total. The minimum atomic E-state index is -4.55. The summed E-state index contributed by atoms with van der Waals surface area (Å²) in [5.74, 6) is -0.837. The van der Waals surface area contributed by atoms with Gasteiger partial charge < -0.3 is 0 Å². The zero-order valence-corrected chi connectivity index (χ0v) is 6.98. The molecule has 62 valence electrons. The van der Waals surface area contributed by atoms with E-state index >= 15 is 0 Å². The van der Waals surface area contributed by atoms with Crippen molar-refractivity contribution in [1.29, 1.82) is 0 Å². The van der Waals surface area contributed by atoms with Crippen molar-refractivity contribution in [2.45, 2.75) is 24.4 Å². The van der Waals surface area contributed by atoms with Crippen molar-refractivity contribution >= 4 is 23.2 Å². The zero-order valence-electron chi connectivity index (χ0n) is 5.47. The maximum absolute atomic E-state index is 11.8. The second-order valence-corrected chi connectivity index (χ2v) is 3.66. The third-order valence-electron chi connectivity index (χ3n) is 1.10. The van der Waals surface area contributed by atoms with Crippen molar-refractivity contribution in [3.8, 4) is 0 Å². The van der Waals surface area contributed by atoms with Crippen LogP contribution in [0.4, 0.5) is 13.2 Å². The molecule has 0 saturated heterocycles. The SMILES string of the molecule is CC(C)C(Cl)(Cl)C(F)(F)F. The molecule has 0 rings (SSSR count). The van der Waals surface area contributed by atoms with Gasteiger partial charge in [0.25, 0.3) is 0 Å². The quantitative estimate of drug-likeness (QED) is 0.562. The van der Waals surface area contributed by atoms with E-state index in [9.17, 15) is 13.2 Å². The predicted octanol–water partition coefficient (Wildman–Crippen LogP) is 3.38. The monoisotopic (exact) mass is 194 g/mol. The minimum Gasteiger partial charge on any atom is -0.168 e. The smallest absolute Gasteiger partial charge is 0.168 e. The average Bonchev–Trinajstić information content (AvgIpc) is 1.62. The van der Waals surface area contributed by atoms with Gasteiger partial charge in [-0.3, -0.25) is 0 Å². The summed E-state index contributed by atoms with van der Waals surface area (Å²) >= 11 is 9.98.